The standard InChI is InChI=1S/C27H28F3N7O3/c1-17-14-35(25(38)40-26(2,3)4)10-11-36(17)23-22-20(21-13-31-8-9-32-21)15-37(24(22)34-16-33-23)18-6-5-7-19(12-18)39-27(28,29)30/h5-9,12-13,15-17H,10-11,14H2,1-4H3/t17-/m0/s1. The molecule has 0 N–H and O–H groups in total. The number of rotatable bonds is 4. The number of aromatic nitrogens is 5. The van der Waals surface area contributed by atoms with Gasteiger partial charge in [0.25, 0.3) is 0 Å². The number of alkyl halides is 3. The predicted octanol–water partition coefficient (Wildman–Crippen LogP) is 5.22. The zero-order valence-electron chi connectivity index (χ0n) is 22.4. The molecule has 0 bridgehead atoms. The minimum absolute atomic E-state index is 0.124. The molecule has 10 nitrogen and oxygen atoms in total. The highest BCUT2D eigenvalue weighted by atomic mass is 19.4. The van der Waals surface area contributed by atoms with E-state index in [1.807, 2.05) is 27.7 Å². The zero-order valence-corrected chi connectivity index (χ0v) is 22.4. The Kier molecular flexibility index (Phi) is 6.98. The zero-order chi connectivity index (χ0) is 28.7. The molecule has 1 saturated heterocycles. The summed E-state index contributed by atoms with van der Waals surface area (Å²) < 4.78 is 50.1. The Morgan fingerprint density at radius 1 is 1.07 bits per heavy atom. The SMILES string of the molecule is C[C@H]1CN(C(=O)OC(C)(C)C)CCN1c1ncnc2c1c(-c1cnccn1)cn2-c1cccc(OC(F)(F)F)c1. The number of hydrogen-bond acceptors (Lipinski definition) is 8. The molecule has 0 unspecified atom stereocenters. The highest BCUT2D eigenvalue weighted by Crippen LogP contribution is 2.37. The number of carbonyl (C=O) groups excluding carboxylic acids is 1. The van der Waals surface area contributed by atoms with E-state index in [9.17, 15) is 18.0 Å². The van der Waals surface area contributed by atoms with Crippen LogP contribution in [0.5, 0.6) is 5.75 Å². The molecular formula is C27H28F3N7O3. The van der Waals surface area contributed by atoms with E-state index in [1.54, 1.807) is 40.3 Å². The van der Waals surface area contributed by atoms with E-state index in [4.69, 9.17) is 4.74 Å². The maximum absolute atomic E-state index is 12.9. The first kappa shape index (κ1) is 27.2. The molecule has 0 spiro atoms. The summed E-state index contributed by atoms with van der Waals surface area (Å²) in [5.74, 6) is 0.262. The van der Waals surface area contributed by atoms with Gasteiger partial charge in [0.15, 0.2) is 5.65 Å². The molecule has 0 aliphatic carbocycles. The van der Waals surface area contributed by atoms with Gasteiger partial charge in [0.1, 0.15) is 23.5 Å². The molecule has 3 aromatic heterocycles. The van der Waals surface area contributed by atoms with Crippen LogP contribution in [0, 0.1) is 0 Å². The lowest BCUT2D eigenvalue weighted by Crippen LogP contribution is -2.54. The van der Waals surface area contributed by atoms with Gasteiger partial charge < -0.3 is 23.8 Å². The first-order valence-corrected chi connectivity index (χ1v) is 12.6. The first-order valence-electron chi connectivity index (χ1n) is 12.6. The number of ether oxygens (including phenoxy) is 2. The van der Waals surface area contributed by atoms with Crippen molar-refractivity contribution in [2.75, 3.05) is 24.5 Å². The number of amides is 1. The van der Waals surface area contributed by atoms with Crippen molar-refractivity contribution in [1.82, 2.24) is 29.4 Å². The van der Waals surface area contributed by atoms with Gasteiger partial charge in [-0.05, 0) is 39.8 Å². The number of fused-ring (bicyclic) bond motifs is 1. The number of hydrogen-bond donors (Lipinski definition) is 0. The smallest absolute Gasteiger partial charge is 0.444 e. The Labute approximate surface area is 228 Å². The average molecular weight is 556 g/mol. The van der Waals surface area contributed by atoms with Crippen molar-refractivity contribution in [3.63, 3.8) is 0 Å². The molecule has 40 heavy (non-hydrogen) atoms. The van der Waals surface area contributed by atoms with Gasteiger partial charge in [0.05, 0.1) is 23.0 Å². The van der Waals surface area contributed by atoms with Gasteiger partial charge in [-0.25, -0.2) is 14.8 Å². The Bertz CT molecular complexity index is 1520. The normalized spacial score (nSPS) is 16.3. The Morgan fingerprint density at radius 2 is 1.88 bits per heavy atom. The lowest BCUT2D eigenvalue weighted by atomic mass is 10.1. The van der Waals surface area contributed by atoms with E-state index < -0.39 is 12.0 Å². The second kappa shape index (κ2) is 10.3. The van der Waals surface area contributed by atoms with Crippen molar-refractivity contribution >= 4 is 22.9 Å². The van der Waals surface area contributed by atoms with E-state index in [0.29, 0.717) is 53.4 Å². The Balaban J connectivity index is 1.57. The van der Waals surface area contributed by atoms with Gasteiger partial charge in [-0.15, -0.1) is 13.2 Å². The van der Waals surface area contributed by atoms with E-state index >= 15 is 0 Å². The lowest BCUT2D eigenvalue weighted by molar-refractivity contribution is -0.274. The van der Waals surface area contributed by atoms with Crippen LogP contribution in [0.1, 0.15) is 27.7 Å². The van der Waals surface area contributed by atoms with Crippen molar-refractivity contribution in [1.29, 1.82) is 0 Å². The molecular weight excluding hydrogens is 527 g/mol. The molecule has 1 aliphatic heterocycles. The summed E-state index contributed by atoms with van der Waals surface area (Å²) in [6, 6.07) is 5.54. The third-order valence-corrected chi connectivity index (χ3v) is 6.28. The number of anilines is 1. The van der Waals surface area contributed by atoms with Crippen LogP contribution in [0.2, 0.25) is 0 Å². The van der Waals surface area contributed by atoms with Crippen molar-refractivity contribution in [2.45, 2.75) is 45.7 Å². The van der Waals surface area contributed by atoms with Gasteiger partial charge in [0, 0.05) is 55.9 Å². The molecule has 1 atom stereocenters. The molecule has 4 heterocycles. The van der Waals surface area contributed by atoms with Crippen LogP contribution in [0.3, 0.4) is 0 Å². The molecule has 1 aliphatic rings. The molecule has 1 fully saturated rings. The number of carbonyl (C=O) groups is 1. The summed E-state index contributed by atoms with van der Waals surface area (Å²) >= 11 is 0. The van der Waals surface area contributed by atoms with Crippen molar-refractivity contribution in [2.24, 2.45) is 0 Å². The Morgan fingerprint density at radius 3 is 2.55 bits per heavy atom. The summed E-state index contributed by atoms with van der Waals surface area (Å²) in [6.07, 6.45) is 2.67. The van der Waals surface area contributed by atoms with Crippen LogP contribution < -0.4 is 9.64 Å². The number of halogens is 3. The summed E-state index contributed by atoms with van der Waals surface area (Å²) in [6.45, 7) is 8.78. The molecule has 13 heteroatoms. The first-order chi connectivity index (χ1) is 18.9. The number of nitrogens with zero attached hydrogens (tertiary/aromatic N) is 7. The highest BCUT2D eigenvalue weighted by Gasteiger charge is 2.33. The lowest BCUT2D eigenvalue weighted by Gasteiger charge is -2.41. The number of piperazine rings is 1. The fraction of sp³-hybridized carbons (Fsp3) is 0.370. The topological polar surface area (TPSA) is 98.5 Å². The second-order valence-corrected chi connectivity index (χ2v) is 10.4. The number of benzene rings is 1. The van der Waals surface area contributed by atoms with Crippen LogP contribution in [-0.4, -0.2) is 73.1 Å². The van der Waals surface area contributed by atoms with Crippen molar-refractivity contribution in [3.05, 3.63) is 55.4 Å². The maximum Gasteiger partial charge on any atom is 0.573 e. The quantitative estimate of drug-likeness (QED) is 0.338. The maximum atomic E-state index is 12.9. The molecule has 1 amide bonds. The van der Waals surface area contributed by atoms with E-state index in [-0.39, 0.29) is 17.9 Å². The average Bonchev–Trinajstić information content (AvgIpc) is 3.27. The van der Waals surface area contributed by atoms with Crippen LogP contribution in [0.15, 0.2) is 55.4 Å². The van der Waals surface area contributed by atoms with Gasteiger partial charge in [0.2, 0.25) is 0 Å². The van der Waals surface area contributed by atoms with Crippen LogP contribution >= 0.6 is 0 Å². The molecule has 210 valence electrons. The van der Waals surface area contributed by atoms with Gasteiger partial charge in [-0.1, -0.05) is 6.07 Å². The second-order valence-electron chi connectivity index (χ2n) is 10.4. The molecule has 0 saturated carbocycles. The molecule has 1 aromatic carbocycles. The van der Waals surface area contributed by atoms with Crippen LogP contribution in [0.4, 0.5) is 23.8 Å². The fourth-order valence-corrected chi connectivity index (χ4v) is 4.69. The fourth-order valence-electron chi connectivity index (χ4n) is 4.69. The third kappa shape index (κ3) is 5.77. The molecule has 5 rings (SSSR count). The third-order valence-electron chi connectivity index (χ3n) is 6.28. The summed E-state index contributed by atoms with van der Waals surface area (Å²) in [7, 11) is 0. The van der Waals surface area contributed by atoms with E-state index in [2.05, 4.69) is 29.6 Å². The molecule has 0 radical (unpaired) electrons. The monoisotopic (exact) mass is 555 g/mol. The largest absolute Gasteiger partial charge is 0.573 e. The van der Waals surface area contributed by atoms with Crippen LogP contribution in [-0.2, 0) is 4.74 Å². The van der Waals surface area contributed by atoms with E-state index in [1.165, 1.54) is 24.5 Å². The van der Waals surface area contributed by atoms with Crippen molar-refractivity contribution in [3.8, 4) is 22.7 Å². The summed E-state index contributed by atoms with van der Waals surface area (Å²) in [5.41, 5.74) is 1.48. The highest BCUT2D eigenvalue weighted by molar-refractivity contribution is 6.01. The minimum Gasteiger partial charge on any atom is -0.444 e. The summed E-state index contributed by atoms with van der Waals surface area (Å²) in [5, 5.41) is 0.655. The van der Waals surface area contributed by atoms with Gasteiger partial charge >= 0.3 is 12.5 Å². The van der Waals surface area contributed by atoms with Crippen LogP contribution in [0.25, 0.3) is 28.0 Å². The minimum atomic E-state index is -4.82. The molecule has 4 aromatic rings. The van der Waals surface area contributed by atoms with Crippen molar-refractivity contribution < 1.29 is 27.4 Å². The predicted molar refractivity (Wildman–Crippen MR) is 141 cm³/mol. The van der Waals surface area contributed by atoms with E-state index in [0.717, 1.165) is 0 Å². The van der Waals surface area contributed by atoms with Gasteiger partial charge in [-0.2, -0.15) is 0 Å². The summed E-state index contributed by atoms with van der Waals surface area (Å²) in [4.78, 5) is 34.2. The van der Waals surface area contributed by atoms with Gasteiger partial charge in [-0.3, -0.25) is 9.97 Å². The Hall–Kier alpha value is -4.42.